The van der Waals surface area contributed by atoms with Gasteiger partial charge in [-0.1, -0.05) is 26.0 Å². The van der Waals surface area contributed by atoms with Crippen LogP contribution in [0.15, 0.2) is 36.0 Å². The van der Waals surface area contributed by atoms with E-state index >= 15 is 0 Å². The summed E-state index contributed by atoms with van der Waals surface area (Å²) >= 11 is 0. The lowest BCUT2D eigenvalue weighted by molar-refractivity contribution is -0.129. The van der Waals surface area contributed by atoms with Crippen LogP contribution in [0.25, 0.3) is 0 Å². The highest BCUT2D eigenvalue weighted by molar-refractivity contribution is 5.29. The Hall–Kier alpha value is -1.23. The first-order valence-corrected chi connectivity index (χ1v) is 11.5. The molecule has 5 rings (SSSR count). The number of allylic oxidation sites excluding steroid dienone is 1. The zero-order chi connectivity index (χ0) is 20.4. The van der Waals surface area contributed by atoms with E-state index in [0.29, 0.717) is 30.6 Å². The van der Waals surface area contributed by atoms with Gasteiger partial charge in [-0.3, -0.25) is 4.98 Å². The first-order valence-electron chi connectivity index (χ1n) is 11.5. The molecule has 158 valence electrons. The van der Waals surface area contributed by atoms with Gasteiger partial charge in [0, 0.05) is 18.3 Å². The molecule has 3 saturated carbocycles. The maximum atomic E-state index is 11.8. The summed E-state index contributed by atoms with van der Waals surface area (Å²) in [5, 5.41) is 32.7. The van der Waals surface area contributed by atoms with Crippen LogP contribution >= 0.6 is 0 Å². The van der Waals surface area contributed by atoms with Crippen LogP contribution in [0.5, 0.6) is 0 Å². The van der Waals surface area contributed by atoms with Crippen molar-refractivity contribution < 1.29 is 15.3 Å². The number of aromatic nitrogens is 1. The summed E-state index contributed by atoms with van der Waals surface area (Å²) in [6, 6.07) is 5.97. The molecular formula is C25H35NO3. The summed E-state index contributed by atoms with van der Waals surface area (Å²) < 4.78 is 0. The molecule has 8 atom stereocenters. The van der Waals surface area contributed by atoms with Crippen LogP contribution in [0, 0.1) is 28.6 Å². The third kappa shape index (κ3) is 2.72. The predicted octanol–water partition coefficient (Wildman–Crippen LogP) is 3.65. The van der Waals surface area contributed by atoms with E-state index in [1.165, 1.54) is 0 Å². The highest BCUT2D eigenvalue weighted by Gasteiger charge is 2.64. The van der Waals surface area contributed by atoms with Gasteiger partial charge in [0.25, 0.3) is 0 Å². The molecule has 4 nitrogen and oxygen atoms in total. The van der Waals surface area contributed by atoms with Crippen molar-refractivity contribution in [2.75, 3.05) is 0 Å². The molecule has 0 aromatic carbocycles. The van der Waals surface area contributed by atoms with Gasteiger partial charge in [-0.25, -0.2) is 0 Å². The van der Waals surface area contributed by atoms with Gasteiger partial charge in [0.05, 0.1) is 11.7 Å². The van der Waals surface area contributed by atoms with Crippen molar-refractivity contribution in [1.82, 2.24) is 4.98 Å². The van der Waals surface area contributed by atoms with Crippen molar-refractivity contribution in [3.63, 3.8) is 0 Å². The summed E-state index contributed by atoms with van der Waals surface area (Å²) in [7, 11) is 0. The summed E-state index contributed by atoms with van der Waals surface area (Å²) in [6.07, 6.45) is 10.1. The molecule has 4 heteroatoms. The van der Waals surface area contributed by atoms with E-state index in [1.54, 1.807) is 0 Å². The van der Waals surface area contributed by atoms with Gasteiger partial charge in [0.2, 0.25) is 0 Å². The summed E-state index contributed by atoms with van der Waals surface area (Å²) in [4.78, 5) is 4.50. The minimum absolute atomic E-state index is 0.00934. The maximum absolute atomic E-state index is 11.8. The second-order valence-corrected chi connectivity index (χ2v) is 10.8. The quantitative estimate of drug-likeness (QED) is 0.666. The fraction of sp³-hybridized carbons (Fsp3) is 0.720. The van der Waals surface area contributed by atoms with Gasteiger partial charge in [-0.15, -0.1) is 0 Å². The Labute approximate surface area is 174 Å². The van der Waals surface area contributed by atoms with Crippen molar-refractivity contribution in [3.8, 4) is 0 Å². The van der Waals surface area contributed by atoms with Gasteiger partial charge in [0.1, 0.15) is 6.10 Å². The SMILES string of the molecule is C[C@]12CC[C@H](O)[C@H](O)C1=CCC1C2CC[C@@]2(C)C1CC[C@@]2(O)Cc1ccccn1. The number of hydrogen-bond donors (Lipinski definition) is 3. The number of nitrogens with zero attached hydrogens (tertiary/aromatic N) is 1. The summed E-state index contributed by atoms with van der Waals surface area (Å²) in [5.74, 6) is 1.61. The fourth-order valence-corrected chi connectivity index (χ4v) is 7.92. The Balaban J connectivity index is 1.45. The van der Waals surface area contributed by atoms with E-state index in [2.05, 4.69) is 24.9 Å². The monoisotopic (exact) mass is 397 g/mol. The molecule has 4 aliphatic rings. The predicted molar refractivity (Wildman–Crippen MR) is 112 cm³/mol. The van der Waals surface area contributed by atoms with Gasteiger partial charge in [-0.2, -0.15) is 0 Å². The molecule has 3 N–H and O–H groups in total. The normalized spacial score (nSPS) is 49.0. The number of aliphatic hydroxyl groups excluding tert-OH is 2. The zero-order valence-corrected chi connectivity index (χ0v) is 17.7. The van der Waals surface area contributed by atoms with Crippen molar-refractivity contribution in [1.29, 1.82) is 0 Å². The van der Waals surface area contributed by atoms with Crippen molar-refractivity contribution >= 4 is 0 Å². The topological polar surface area (TPSA) is 73.6 Å². The molecule has 1 aromatic heterocycles. The van der Waals surface area contributed by atoms with E-state index in [-0.39, 0.29) is 10.8 Å². The van der Waals surface area contributed by atoms with Crippen molar-refractivity contribution in [2.45, 2.75) is 83.0 Å². The molecule has 29 heavy (non-hydrogen) atoms. The third-order valence-corrected chi connectivity index (χ3v) is 9.69. The highest BCUT2D eigenvalue weighted by atomic mass is 16.3. The van der Waals surface area contributed by atoms with Crippen LogP contribution < -0.4 is 0 Å². The van der Waals surface area contributed by atoms with Gasteiger partial charge >= 0.3 is 0 Å². The van der Waals surface area contributed by atoms with Gasteiger partial charge < -0.3 is 15.3 Å². The number of hydrogen-bond acceptors (Lipinski definition) is 4. The molecule has 0 spiro atoms. The highest BCUT2D eigenvalue weighted by Crippen LogP contribution is 2.67. The molecule has 3 unspecified atom stereocenters. The molecule has 0 saturated heterocycles. The minimum Gasteiger partial charge on any atom is -0.390 e. The van der Waals surface area contributed by atoms with Crippen LogP contribution in [0.3, 0.4) is 0 Å². The average Bonchev–Trinajstić information content (AvgIpc) is 2.97. The van der Waals surface area contributed by atoms with E-state index in [4.69, 9.17) is 0 Å². The van der Waals surface area contributed by atoms with E-state index < -0.39 is 17.8 Å². The lowest BCUT2D eigenvalue weighted by Crippen LogP contribution is -2.56. The zero-order valence-electron chi connectivity index (χ0n) is 17.7. The van der Waals surface area contributed by atoms with Crippen LogP contribution in [0.1, 0.15) is 64.5 Å². The Kier molecular flexibility index (Phi) is 4.51. The van der Waals surface area contributed by atoms with Crippen LogP contribution in [0.4, 0.5) is 0 Å². The second-order valence-electron chi connectivity index (χ2n) is 10.8. The van der Waals surface area contributed by atoms with Crippen molar-refractivity contribution in [3.05, 3.63) is 41.7 Å². The molecule has 0 radical (unpaired) electrons. The molecule has 0 bridgehead atoms. The first kappa shape index (κ1) is 19.7. The number of aliphatic hydroxyl groups is 3. The van der Waals surface area contributed by atoms with Gasteiger partial charge in [-0.05, 0) is 91.2 Å². The number of fused-ring (bicyclic) bond motifs is 5. The van der Waals surface area contributed by atoms with Crippen LogP contribution in [-0.2, 0) is 6.42 Å². The Bertz CT molecular complexity index is 810. The summed E-state index contributed by atoms with van der Waals surface area (Å²) in [5.41, 5.74) is 1.29. The number of rotatable bonds is 2. The lowest BCUT2D eigenvalue weighted by Gasteiger charge is -2.59. The second kappa shape index (κ2) is 6.63. The van der Waals surface area contributed by atoms with E-state index in [0.717, 1.165) is 49.8 Å². The summed E-state index contributed by atoms with van der Waals surface area (Å²) in [6.45, 7) is 4.65. The molecule has 4 aliphatic carbocycles. The first-order chi connectivity index (χ1) is 13.8. The Morgan fingerprint density at radius 1 is 1.03 bits per heavy atom. The average molecular weight is 398 g/mol. The smallest absolute Gasteiger partial charge is 0.101 e. The third-order valence-electron chi connectivity index (χ3n) is 9.69. The molecule has 3 fully saturated rings. The lowest BCUT2D eigenvalue weighted by atomic mass is 9.46. The largest absolute Gasteiger partial charge is 0.390 e. The van der Waals surface area contributed by atoms with E-state index in [9.17, 15) is 15.3 Å². The van der Waals surface area contributed by atoms with E-state index in [1.807, 2.05) is 24.4 Å². The van der Waals surface area contributed by atoms with Crippen LogP contribution in [0.2, 0.25) is 0 Å². The molecule has 0 aliphatic heterocycles. The van der Waals surface area contributed by atoms with Crippen LogP contribution in [-0.4, -0.2) is 38.1 Å². The molecule has 1 aromatic rings. The fourth-order valence-electron chi connectivity index (χ4n) is 7.92. The van der Waals surface area contributed by atoms with Crippen molar-refractivity contribution in [2.24, 2.45) is 28.6 Å². The molecular weight excluding hydrogens is 362 g/mol. The Morgan fingerprint density at radius 2 is 1.83 bits per heavy atom. The Morgan fingerprint density at radius 3 is 2.59 bits per heavy atom. The maximum Gasteiger partial charge on any atom is 0.101 e. The molecule has 1 heterocycles. The standard InChI is InChI=1S/C25H35NO3/c1-23-11-10-21(27)22(28)20(23)7-6-17-18(23)8-12-24(2)19(17)9-13-25(24,29)15-16-5-3-4-14-26-16/h3-5,7,14,17-19,21-22,27-29H,6,8-13,15H2,1-2H3/t17?,18?,19?,21-,22+,23+,24-,25+/m0/s1. The number of pyridine rings is 1. The molecule has 0 amide bonds. The van der Waals surface area contributed by atoms with Gasteiger partial charge in [0.15, 0.2) is 0 Å². The minimum atomic E-state index is -0.701.